The lowest BCUT2D eigenvalue weighted by molar-refractivity contribution is -0.136. The minimum atomic E-state index is -0.876. The number of aliphatic carboxylic acids is 1. The molecule has 1 atom stereocenters. The van der Waals surface area contributed by atoms with Crippen molar-refractivity contribution in [2.24, 2.45) is 0 Å². The zero-order valence-electron chi connectivity index (χ0n) is 11.0. The third-order valence-electron chi connectivity index (χ3n) is 2.14. The maximum Gasteiger partial charge on any atom is 0.322 e. The van der Waals surface area contributed by atoms with Crippen LogP contribution in [0.15, 0.2) is 4.42 Å². The van der Waals surface area contributed by atoms with Gasteiger partial charge in [0.1, 0.15) is 0 Å². The Morgan fingerprint density at radius 1 is 1.37 bits per heavy atom. The van der Waals surface area contributed by atoms with Gasteiger partial charge in [-0.15, -0.1) is 16.9 Å². The number of aromatic nitrogens is 2. The summed E-state index contributed by atoms with van der Waals surface area (Å²) in [7, 11) is 0. The maximum atomic E-state index is 11.6. The van der Waals surface area contributed by atoms with E-state index in [0.29, 0.717) is 5.89 Å². The predicted octanol–water partition coefficient (Wildman–Crippen LogP) is 1.73. The van der Waals surface area contributed by atoms with Crippen molar-refractivity contribution in [2.45, 2.75) is 38.4 Å². The summed E-state index contributed by atoms with van der Waals surface area (Å²) in [6.07, 6.45) is 0.0238. The first kappa shape index (κ1) is 15.5. The van der Waals surface area contributed by atoms with Gasteiger partial charge in [0.15, 0.2) is 0 Å². The molecule has 0 aliphatic rings. The van der Waals surface area contributed by atoms with Crippen molar-refractivity contribution in [2.75, 3.05) is 11.1 Å². The molecule has 8 heteroatoms. The number of rotatable bonds is 7. The summed E-state index contributed by atoms with van der Waals surface area (Å²) in [5.74, 6) is -0.459. The van der Waals surface area contributed by atoms with Gasteiger partial charge in [0.2, 0.25) is 11.8 Å². The summed E-state index contributed by atoms with van der Waals surface area (Å²) >= 11 is 1.26. The van der Waals surface area contributed by atoms with E-state index in [1.54, 1.807) is 6.92 Å². The van der Waals surface area contributed by atoms with Gasteiger partial charge in [0.05, 0.1) is 12.2 Å². The fraction of sp³-hybridized carbons (Fsp3) is 0.636. The minimum Gasteiger partial charge on any atom is -0.481 e. The van der Waals surface area contributed by atoms with Crippen molar-refractivity contribution in [1.82, 2.24) is 10.2 Å². The highest BCUT2D eigenvalue weighted by atomic mass is 32.2. The molecule has 1 unspecified atom stereocenters. The van der Waals surface area contributed by atoms with Crippen LogP contribution >= 0.6 is 11.8 Å². The maximum absolute atomic E-state index is 11.6. The summed E-state index contributed by atoms with van der Waals surface area (Å²) in [4.78, 5) is 22.0. The van der Waals surface area contributed by atoms with Crippen LogP contribution in [0, 0.1) is 0 Å². The molecule has 0 aromatic carbocycles. The van der Waals surface area contributed by atoms with Gasteiger partial charge < -0.3 is 9.52 Å². The Labute approximate surface area is 115 Å². The highest BCUT2D eigenvalue weighted by Gasteiger charge is 2.14. The van der Waals surface area contributed by atoms with E-state index in [9.17, 15) is 9.59 Å². The second kappa shape index (κ2) is 7.13. The summed E-state index contributed by atoms with van der Waals surface area (Å²) in [6, 6.07) is 0.0696. The first-order chi connectivity index (χ1) is 8.88. The fourth-order valence-corrected chi connectivity index (χ4v) is 1.97. The van der Waals surface area contributed by atoms with Crippen LogP contribution in [0.3, 0.4) is 0 Å². The number of anilines is 1. The monoisotopic (exact) mass is 287 g/mol. The molecule has 0 bridgehead atoms. The molecule has 1 amide bonds. The van der Waals surface area contributed by atoms with Crippen LogP contribution in [0.2, 0.25) is 0 Å². The number of nitrogens with zero attached hydrogens (tertiary/aromatic N) is 2. The lowest BCUT2D eigenvalue weighted by Crippen LogP contribution is -2.17. The topological polar surface area (TPSA) is 105 Å². The molecule has 0 saturated heterocycles. The standard InChI is InChI=1S/C11H17N3O4S/c1-6(2)10-13-14-11(18-10)12-8(15)5-19-7(3)4-9(16)17/h6-7H,4-5H2,1-3H3,(H,16,17)(H,12,14,15). The molecule has 7 nitrogen and oxygen atoms in total. The lowest BCUT2D eigenvalue weighted by atomic mass is 10.2. The molecule has 0 spiro atoms. The Balaban J connectivity index is 2.36. The Morgan fingerprint density at radius 2 is 2.05 bits per heavy atom. The molecular weight excluding hydrogens is 270 g/mol. The smallest absolute Gasteiger partial charge is 0.322 e. The zero-order chi connectivity index (χ0) is 14.4. The average Bonchev–Trinajstić information content (AvgIpc) is 2.74. The predicted molar refractivity (Wildman–Crippen MR) is 71.2 cm³/mol. The van der Waals surface area contributed by atoms with Crippen molar-refractivity contribution >= 4 is 29.7 Å². The van der Waals surface area contributed by atoms with E-state index in [1.807, 2.05) is 13.8 Å². The number of carboxylic acid groups (broad SMARTS) is 1. The number of nitrogens with one attached hydrogen (secondary N) is 1. The van der Waals surface area contributed by atoms with Gasteiger partial charge in [-0.05, 0) is 0 Å². The number of hydrogen-bond acceptors (Lipinski definition) is 6. The number of hydrogen-bond donors (Lipinski definition) is 2. The van der Waals surface area contributed by atoms with Crippen LogP contribution in [0.1, 0.15) is 39.0 Å². The number of carbonyl (C=O) groups is 2. The largest absolute Gasteiger partial charge is 0.481 e. The van der Waals surface area contributed by atoms with Crippen molar-refractivity contribution in [3.8, 4) is 0 Å². The van der Waals surface area contributed by atoms with Crippen LogP contribution in [0.4, 0.5) is 6.01 Å². The Hall–Kier alpha value is -1.57. The van der Waals surface area contributed by atoms with Gasteiger partial charge in [-0.2, -0.15) is 0 Å². The molecule has 0 radical (unpaired) electrons. The van der Waals surface area contributed by atoms with E-state index >= 15 is 0 Å². The van der Waals surface area contributed by atoms with Crippen molar-refractivity contribution < 1.29 is 19.1 Å². The average molecular weight is 287 g/mol. The molecular formula is C11H17N3O4S. The summed E-state index contributed by atoms with van der Waals surface area (Å²) in [6.45, 7) is 5.57. The van der Waals surface area contributed by atoms with Gasteiger partial charge in [0.25, 0.3) is 0 Å². The third-order valence-corrected chi connectivity index (χ3v) is 3.31. The highest BCUT2D eigenvalue weighted by molar-refractivity contribution is 8.00. The molecule has 106 valence electrons. The lowest BCUT2D eigenvalue weighted by Gasteiger charge is -2.07. The van der Waals surface area contributed by atoms with Crippen molar-refractivity contribution in [3.63, 3.8) is 0 Å². The van der Waals surface area contributed by atoms with Gasteiger partial charge >= 0.3 is 12.0 Å². The Kier molecular flexibility index (Phi) is 5.81. The van der Waals surface area contributed by atoms with Gasteiger partial charge in [0, 0.05) is 11.2 Å². The molecule has 0 fully saturated rings. The zero-order valence-corrected chi connectivity index (χ0v) is 11.9. The molecule has 0 aliphatic heterocycles. The summed E-state index contributed by atoms with van der Waals surface area (Å²) in [5.41, 5.74) is 0. The highest BCUT2D eigenvalue weighted by Crippen LogP contribution is 2.16. The molecule has 1 rings (SSSR count). The van der Waals surface area contributed by atoms with Crippen molar-refractivity contribution in [1.29, 1.82) is 0 Å². The van der Waals surface area contributed by atoms with E-state index in [2.05, 4.69) is 15.5 Å². The van der Waals surface area contributed by atoms with Crippen LogP contribution in [-0.2, 0) is 9.59 Å². The van der Waals surface area contributed by atoms with Crippen LogP contribution in [-0.4, -0.2) is 38.2 Å². The molecule has 1 heterocycles. The molecule has 19 heavy (non-hydrogen) atoms. The minimum absolute atomic E-state index is 0.0238. The first-order valence-corrected chi connectivity index (χ1v) is 6.90. The quantitative estimate of drug-likeness (QED) is 0.786. The molecule has 1 aromatic heterocycles. The molecule has 0 saturated carbocycles. The van der Waals surface area contributed by atoms with Crippen LogP contribution in [0.5, 0.6) is 0 Å². The van der Waals surface area contributed by atoms with E-state index in [1.165, 1.54) is 11.8 Å². The van der Waals surface area contributed by atoms with E-state index in [-0.39, 0.29) is 35.3 Å². The fourth-order valence-electron chi connectivity index (χ4n) is 1.20. The number of amides is 1. The summed E-state index contributed by atoms with van der Waals surface area (Å²) in [5, 5.41) is 18.4. The second-order valence-corrected chi connectivity index (χ2v) is 5.79. The molecule has 0 aliphatic carbocycles. The van der Waals surface area contributed by atoms with Crippen LogP contribution in [0.25, 0.3) is 0 Å². The van der Waals surface area contributed by atoms with Gasteiger partial charge in [-0.3, -0.25) is 14.9 Å². The second-order valence-electron chi connectivity index (χ2n) is 4.37. The Bertz CT molecular complexity index is 447. The first-order valence-electron chi connectivity index (χ1n) is 5.85. The van der Waals surface area contributed by atoms with Gasteiger partial charge in [-0.25, -0.2) is 0 Å². The van der Waals surface area contributed by atoms with E-state index in [4.69, 9.17) is 9.52 Å². The van der Waals surface area contributed by atoms with Crippen LogP contribution < -0.4 is 5.32 Å². The Morgan fingerprint density at radius 3 is 2.58 bits per heavy atom. The van der Waals surface area contributed by atoms with Gasteiger partial charge in [-0.1, -0.05) is 25.9 Å². The third kappa shape index (κ3) is 5.73. The SMILES string of the molecule is CC(CC(=O)O)SCC(=O)Nc1nnc(C(C)C)o1. The van der Waals surface area contributed by atoms with E-state index in [0.717, 1.165) is 0 Å². The van der Waals surface area contributed by atoms with E-state index < -0.39 is 5.97 Å². The number of carboxylic acids is 1. The number of carbonyl (C=O) groups excluding carboxylic acids is 1. The number of thioether (sulfide) groups is 1. The normalized spacial score (nSPS) is 12.4. The van der Waals surface area contributed by atoms with Crippen molar-refractivity contribution in [3.05, 3.63) is 5.89 Å². The molecule has 2 N–H and O–H groups in total. The molecule has 1 aromatic rings. The summed E-state index contributed by atoms with van der Waals surface area (Å²) < 4.78 is 5.23.